The minimum Gasteiger partial charge on any atom is -0.480 e. The molecule has 0 radical (unpaired) electrons. The first kappa shape index (κ1) is 25.3. The van der Waals surface area contributed by atoms with Crippen LogP contribution in [0, 0.1) is 10.1 Å². The quantitative estimate of drug-likeness (QED) is 0.326. The second-order valence-electron chi connectivity index (χ2n) is 6.83. The SMILES string of the molecule is CCOC(=O)C[C@H](c1ccc([N+](=O)[O-])cc1)[C@H](NC(=O)c1ccc(C(F)(F)F)cc1)C(=O)O. The lowest BCUT2D eigenvalue weighted by Gasteiger charge is -2.25. The van der Waals surface area contributed by atoms with E-state index in [0.717, 1.165) is 24.3 Å². The molecule has 0 bridgehead atoms. The molecule has 0 saturated heterocycles. The van der Waals surface area contributed by atoms with Crippen molar-refractivity contribution in [2.75, 3.05) is 6.61 Å². The summed E-state index contributed by atoms with van der Waals surface area (Å²) in [6, 6.07) is 6.19. The van der Waals surface area contributed by atoms with Crippen LogP contribution in [-0.2, 0) is 20.5 Å². The summed E-state index contributed by atoms with van der Waals surface area (Å²) in [5, 5.41) is 22.8. The maximum absolute atomic E-state index is 12.7. The molecular weight excluding hydrogens is 449 g/mol. The van der Waals surface area contributed by atoms with Gasteiger partial charge in [-0.3, -0.25) is 19.7 Å². The Hall–Kier alpha value is -3.96. The van der Waals surface area contributed by atoms with E-state index in [1.807, 2.05) is 0 Å². The molecule has 12 heteroatoms. The van der Waals surface area contributed by atoms with Gasteiger partial charge in [0.15, 0.2) is 0 Å². The van der Waals surface area contributed by atoms with Gasteiger partial charge in [0.1, 0.15) is 6.04 Å². The molecular formula is C21H19F3N2O7. The number of hydrogen-bond donors (Lipinski definition) is 2. The summed E-state index contributed by atoms with van der Waals surface area (Å²) in [6.07, 6.45) is -5.09. The molecule has 0 aliphatic heterocycles. The number of carbonyl (C=O) groups is 3. The van der Waals surface area contributed by atoms with E-state index in [2.05, 4.69) is 5.32 Å². The summed E-state index contributed by atoms with van der Waals surface area (Å²) in [5.74, 6) is -4.45. The number of rotatable bonds is 9. The van der Waals surface area contributed by atoms with Crippen LogP contribution in [0.1, 0.15) is 40.7 Å². The van der Waals surface area contributed by atoms with Gasteiger partial charge in [-0.05, 0) is 36.8 Å². The molecule has 0 aromatic heterocycles. The van der Waals surface area contributed by atoms with E-state index in [1.54, 1.807) is 6.92 Å². The van der Waals surface area contributed by atoms with E-state index in [9.17, 15) is 42.8 Å². The summed E-state index contributed by atoms with van der Waals surface area (Å²) >= 11 is 0. The number of hydrogen-bond acceptors (Lipinski definition) is 6. The predicted octanol–water partition coefficient (Wildman–Crippen LogP) is 3.53. The highest BCUT2D eigenvalue weighted by molar-refractivity contribution is 5.97. The zero-order valence-corrected chi connectivity index (χ0v) is 17.2. The van der Waals surface area contributed by atoms with Crippen molar-refractivity contribution < 1.29 is 42.3 Å². The number of benzene rings is 2. The lowest BCUT2D eigenvalue weighted by molar-refractivity contribution is -0.384. The van der Waals surface area contributed by atoms with Gasteiger partial charge in [0.05, 0.1) is 23.5 Å². The summed E-state index contributed by atoms with van der Waals surface area (Å²) in [7, 11) is 0. The number of nitro groups is 1. The van der Waals surface area contributed by atoms with Gasteiger partial charge in [0.2, 0.25) is 0 Å². The van der Waals surface area contributed by atoms with Crippen molar-refractivity contribution in [1.82, 2.24) is 5.32 Å². The number of ether oxygens (including phenoxy) is 1. The first-order valence-corrected chi connectivity index (χ1v) is 9.55. The van der Waals surface area contributed by atoms with Crippen LogP contribution in [0.4, 0.5) is 18.9 Å². The molecule has 2 N–H and O–H groups in total. The van der Waals surface area contributed by atoms with Gasteiger partial charge in [0.25, 0.3) is 11.6 Å². The number of nitro benzene ring substituents is 1. The Labute approximate surface area is 185 Å². The number of non-ortho nitro benzene ring substituents is 1. The number of nitrogens with zero attached hydrogens (tertiary/aromatic N) is 1. The number of halogens is 3. The normalized spacial score (nSPS) is 13.0. The fraction of sp³-hybridized carbons (Fsp3) is 0.286. The van der Waals surface area contributed by atoms with E-state index in [1.165, 1.54) is 12.1 Å². The predicted molar refractivity (Wildman–Crippen MR) is 107 cm³/mol. The maximum Gasteiger partial charge on any atom is 0.416 e. The minimum atomic E-state index is -4.61. The first-order valence-electron chi connectivity index (χ1n) is 9.55. The number of aliphatic carboxylic acids is 1. The van der Waals surface area contributed by atoms with E-state index in [0.29, 0.717) is 12.1 Å². The Bertz CT molecular complexity index is 1020. The van der Waals surface area contributed by atoms with Crippen LogP contribution in [0.2, 0.25) is 0 Å². The molecule has 0 aliphatic carbocycles. The van der Waals surface area contributed by atoms with Crippen LogP contribution < -0.4 is 5.32 Å². The van der Waals surface area contributed by atoms with Crippen molar-refractivity contribution in [3.63, 3.8) is 0 Å². The van der Waals surface area contributed by atoms with Gasteiger partial charge in [-0.25, -0.2) is 4.79 Å². The van der Waals surface area contributed by atoms with Crippen molar-refractivity contribution in [2.45, 2.75) is 31.5 Å². The largest absolute Gasteiger partial charge is 0.480 e. The Morgan fingerprint density at radius 3 is 2.12 bits per heavy atom. The van der Waals surface area contributed by atoms with Gasteiger partial charge in [-0.15, -0.1) is 0 Å². The molecule has 2 rings (SSSR count). The molecule has 0 saturated carbocycles. The fourth-order valence-corrected chi connectivity index (χ4v) is 3.04. The second-order valence-corrected chi connectivity index (χ2v) is 6.83. The van der Waals surface area contributed by atoms with E-state index >= 15 is 0 Å². The number of nitrogens with one attached hydrogen (secondary N) is 1. The Kier molecular flexibility index (Phi) is 8.10. The van der Waals surface area contributed by atoms with Crippen LogP contribution in [0.25, 0.3) is 0 Å². The third kappa shape index (κ3) is 6.76. The molecule has 1 amide bonds. The molecule has 33 heavy (non-hydrogen) atoms. The minimum absolute atomic E-state index is 0.0153. The summed E-state index contributed by atoms with van der Waals surface area (Å²) in [5.41, 5.74) is -1.28. The van der Waals surface area contributed by atoms with Crippen molar-refractivity contribution in [3.05, 3.63) is 75.3 Å². The van der Waals surface area contributed by atoms with Crippen LogP contribution in [0.15, 0.2) is 48.5 Å². The van der Waals surface area contributed by atoms with Crippen LogP contribution in [0.3, 0.4) is 0 Å². The Balaban J connectivity index is 2.35. The number of alkyl halides is 3. The smallest absolute Gasteiger partial charge is 0.416 e. The molecule has 2 aromatic carbocycles. The molecule has 0 unspecified atom stereocenters. The highest BCUT2D eigenvalue weighted by atomic mass is 19.4. The van der Waals surface area contributed by atoms with Crippen molar-refractivity contribution >= 4 is 23.5 Å². The molecule has 0 aliphatic rings. The van der Waals surface area contributed by atoms with E-state index in [4.69, 9.17) is 4.74 Å². The number of carboxylic acid groups (broad SMARTS) is 1. The zero-order valence-electron chi connectivity index (χ0n) is 17.2. The van der Waals surface area contributed by atoms with E-state index in [-0.39, 0.29) is 23.4 Å². The monoisotopic (exact) mass is 468 g/mol. The third-order valence-electron chi connectivity index (χ3n) is 4.65. The lowest BCUT2D eigenvalue weighted by atomic mass is 9.88. The van der Waals surface area contributed by atoms with Gasteiger partial charge in [0, 0.05) is 23.6 Å². The van der Waals surface area contributed by atoms with E-state index < -0.39 is 52.9 Å². The molecule has 0 heterocycles. The van der Waals surface area contributed by atoms with Gasteiger partial charge in [-0.2, -0.15) is 13.2 Å². The topological polar surface area (TPSA) is 136 Å². The fourth-order valence-electron chi connectivity index (χ4n) is 3.04. The summed E-state index contributed by atoms with van der Waals surface area (Å²) in [6.45, 7) is 1.56. The van der Waals surface area contributed by atoms with Crippen LogP contribution in [-0.4, -0.2) is 40.5 Å². The van der Waals surface area contributed by atoms with Gasteiger partial charge in [-0.1, -0.05) is 12.1 Å². The van der Waals surface area contributed by atoms with Gasteiger partial charge < -0.3 is 15.2 Å². The number of esters is 1. The first-order chi connectivity index (χ1) is 15.4. The van der Waals surface area contributed by atoms with Crippen molar-refractivity contribution in [2.24, 2.45) is 0 Å². The molecule has 2 atom stereocenters. The Morgan fingerprint density at radius 2 is 1.67 bits per heavy atom. The molecule has 176 valence electrons. The average molecular weight is 468 g/mol. The molecule has 2 aromatic rings. The number of carbonyl (C=O) groups excluding carboxylic acids is 2. The summed E-state index contributed by atoms with van der Waals surface area (Å²) in [4.78, 5) is 46.8. The zero-order chi connectivity index (χ0) is 24.8. The van der Waals surface area contributed by atoms with Crippen molar-refractivity contribution in [1.29, 1.82) is 0 Å². The van der Waals surface area contributed by atoms with Crippen molar-refractivity contribution in [3.8, 4) is 0 Å². The number of carboxylic acids is 1. The highest BCUT2D eigenvalue weighted by Gasteiger charge is 2.34. The van der Waals surface area contributed by atoms with Crippen LogP contribution in [0.5, 0.6) is 0 Å². The Morgan fingerprint density at radius 1 is 1.09 bits per heavy atom. The van der Waals surface area contributed by atoms with Crippen LogP contribution >= 0.6 is 0 Å². The maximum atomic E-state index is 12.7. The second kappa shape index (κ2) is 10.6. The standard InChI is InChI=1S/C21H19F3N2O7/c1-2-33-17(27)11-16(12-5-9-15(10-6-12)26(31)32)18(20(29)30)25-19(28)13-3-7-14(8-4-13)21(22,23)24/h3-10,16,18H,2,11H2,1H3,(H,25,28)(H,29,30)/t16-,18+/m1/s1. The highest BCUT2D eigenvalue weighted by Crippen LogP contribution is 2.30. The van der Waals surface area contributed by atoms with Gasteiger partial charge >= 0.3 is 18.1 Å². The molecule has 0 spiro atoms. The lowest BCUT2D eigenvalue weighted by Crippen LogP contribution is -2.45. The summed E-state index contributed by atoms with van der Waals surface area (Å²) < 4.78 is 43.0. The number of amides is 1. The molecule has 0 fully saturated rings. The molecule has 9 nitrogen and oxygen atoms in total. The third-order valence-corrected chi connectivity index (χ3v) is 4.65. The average Bonchev–Trinajstić information content (AvgIpc) is 2.75.